The van der Waals surface area contributed by atoms with Crippen LogP contribution in [0.25, 0.3) is 16.3 Å². The third-order valence-electron chi connectivity index (χ3n) is 6.05. The smallest absolute Gasteiger partial charge is 0.257 e. The van der Waals surface area contributed by atoms with Crippen molar-refractivity contribution in [1.82, 2.24) is 24.6 Å². The quantitative estimate of drug-likeness (QED) is 0.427. The van der Waals surface area contributed by atoms with Gasteiger partial charge in [0, 0.05) is 43.7 Å². The van der Waals surface area contributed by atoms with Gasteiger partial charge in [-0.1, -0.05) is 55.5 Å². The molecule has 1 aliphatic heterocycles. The first kappa shape index (κ1) is 21.6. The van der Waals surface area contributed by atoms with Gasteiger partial charge in [-0.3, -0.25) is 9.69 Å². The molecule has 1 aliphatic rings. The molecule has 4 aromatic rings. The molecule has 2 aromatic carbocycles. The summed E-state index contributed by atoms with van der Waals surface area (Å²) in [5.41, 5.74) is 4.91. The molecule has 0 saturated carbocycles. The molecular weight excluding hydrogens is 430 g/mol. The van der Waals surface area contributed by atoms with Gasteiger partial charge in [-0.05, 0) is 18.6 Å². The summed E-state index contributed by atoms with van der Waals surface area (Å²) < 4.78 is 1.88. The Morgan fingerprint density at radius 2 is 1.67 bits per heavy atom. The van der Waals surface area contributed by atoms with E-state index in [9.17, 15) is 4.79 Å². The Balaban J connectivity index is 1.22. The molecule has 2 aromatic heterocycles. The maximum Gasteiger partial charge on any atom is 0.257 e. The van der Waals surface area contributed by atoms with Gasteiger partial charge in [0.1, 0.15) is 5.01 Å². The molecular formula is C26H27N5OS. The highest BCUT2D eigenvalue weighted by Gasteiger charge is 2.26. The van der Waals surface area contributed by atoms with Crippen molar-refractivity contribution in [1.29, 1.82) is 0 Å². The number of piperazine rings is 1. The van der Waals surface area contributed by atoms with Crippen LogP contribution in [0, 0.1) is 0 Å². The zero-order chi connectivity index (χ0) is 22.6. The number of rotatable bonds is 6. The molecule has 3 heterocycles. The van der Waals surface area contributed by atoms with E-state index in [0.717, 1.165) is 53.7 Å². The van der Waals surface area contributed by atoms with Crippen molar-refractivity contribution in [3.8, 4) is 16.3 Å². The minimum Gasteiger partial charge on any atom is -0.336 e. The molecule has 1 fully saturated rings. The molecule has 33 heavy (non-hydrogen) atoms. The van der Waals surface area contributed by atoms with Crippen LogP contribution in [-0.4, -0.2) is 56.7 Å². The Bertz CT molecular complexity index is 1210. The van der Waals surface area contributed by atoms with E-state index in [1.54, 1.807) is 17.5 Å². The van der Waals surface area contributed by atoms with Gasteiger partial charge in [0.25, 0.3) is 5.91 Å². The third kappa shape index (κ3) is 4.60. The Morgan fingerprint density at radius 1 is 0.970 bits per heavy atom. The van der Waals surface area contributed by atoms with E-state index < -0.39 is 0 Å². The number of para-hydroxylation sites is 1. The molecule has 0 spiro atoms. The van der Waals surface area contributed by atoms with E-state index in [-0.39, 0.29) is 5.91 Å². The highest BCUT2D eigenvalue weighted by molar-refractivity contribution is 7.13. The minimum absolute atomic E-state index is 0.0775. The number of amides is 1. The lowest BCUT2D eigenvalue weighted by molar-refractivity contribution is 0.0626. The molecule has 1 amide bonds. The Kier molecular flexibility index (Phi) is 6.32. The molecule has 0 radical (unpaired) electrons. The molecule has 1 saturated heterocycles. The highest BCUT2D eigenvalue weighted by Crippen LogP contribution is 2.24. The number of hydrogen-bond donors (Lipinski definition) is 0. The second-order valence-corrected chi connectivity index (χ2v) is 9.04. The van der Waals surface area contributed by atoms with Crippen molar-refractivity contribution < 1.29 is 4.79 Å². The summed E-state index contributed by atoms with van der Waals surface area (Å²) in [5.74, 6) is 0.0775. The first-order valence-electron chi connectivity index (χ1n) is 11.4. The van der Waals surface area contributed by atoms with E-state index in [2.05, 4.69) is 34.4 Å². The number of carbonyl (C=O) groups excluding carboxylic acids is 1. The molecule has 0 atom stereocenters. The van der Waals surface area contributed by atoms with Crippen molar-refractivity contribution in [2.75, 3.05) is 26.2 Å². The zero-order valence-electron chi connectivity index (χ0n) is 18.7. The molecule has 5 rings (SSSR count). The molecule has 168 valence electrons. The standard InChI is InChI=1S/C26H27N5OS/c1-2-24-23(17-27-31(24)22-11-7-4-8-12-22)26(32)30-15-13-29(14-16-30)18-21-19-33-25(28-21)20-9-5-3-6-10-20/h3-12,17,19H,2,13-16,18H2,1H3. The van der Waals surface area contributed by atoms with Crippen molar-refractivity contribution in [2.45, 2.75) is 19.9 Å². The largest absolute Gasteiger partial charge is 0.336 e. The predicted octanol–water partition coefficient (Wildman–Crippen LogP) is 4.52. The second kappa shape index (κ2) is 9.68. The summed E-state index contributed by atoms with van der Waals surface area (Å²) in [4.78, 5) is 22.4. The van der Waals surface area contributed by atoms with E-state index in [1.807, 2.05) is 58.1 Å². The SMILES string of the molecule is CCc1c(C(=O)N2CCN(Cc3csc(-c4ccccc4)n3)CC2)cnn1-c1ccccc1. The van der Waals surface area contributed by atoms with Crippen LogP contribution in [0.4, 0.5) is 0 Å². The van der Waals surface area contributed by atoms with Gasteiger partial charge >= 0.3 is 0 Å². The Labute approximate surface area is 198 Å². The summed E-state index contributed by atoms with van der Waals surface area (Å²) in [6.07, 6.45) is 2.48. The highest BCUT2D eigenvalue weighted by atomic mass is 32.1. The first-order valence-corrected chi connectivity index (χ1v) is 12.2. The number of aromatic nitrogens is 3. The molecule has 6 nitrogen and oxygen atoms in total. The van der Waals surface area contributed by atoms with Gasteiger partial charge in [-0.2, -0.15) is 5.10 Å². The van der Waals surface area contributed by atoms with Gasteiger partial charge in [0.15, 0.2) is 0 Å². The van der Waals surface area contributed by atoms with E-state index >= 15 is 0 Å². The second-order valence-electron chi connectivity index (χ2n) is 8.18. The van der Waals surface area contributed by atoms with Crippen molar-refractivity contribution in [3.05, 3.63) is 89.2 Å². The number of thiazole rings is 1. The number of nitrogens with zero attached hydrogens (tertiary/aromatic N) is 5. The van der Waals surface area contributed by atoms with Crippen molar-refractivity contribution in [3.63, 3.8) is 0 Å². The van der Waals surface area contributed by atoms with Crippen LogP contribution in [0.2, 0.25) is 0 Å². The summed E-state index contributed by atoms with van der Waals surface area (Å²) in [6.45, 7) is 6.01. The Morgan fingerprint density at radius 3 is 2.36 bits per heavy atom. The topological polar surface area (TPSA) is 54.3 Å². The summed E-state index contributed by atoms with van der Waals surface area (Å²) >= 11 is 1.69. The first-order chi connectivity index (χ1) is 16.2. The minimum atomic E-state index is 0.0775. The van der Waals surface area contributed by atoms with Crippen LogP contribution in [0.3, 0.4) is 0 Å². The number of carbonyl (C=O) groups is 1. The van der Waals surface area contributed by atoms with Crippen LogP contribution >= 0.6 is 11.3 Å². The lowest BCUT2D eigenvalue weighted by atomic mass is 10.1. The molecule has 0 N–H and O–H groups in total. The fourth-order valence-electron chi connectivity index (χ4n) is 4.29. The molecule has 0 bridgehead atoms. The van der Waals surface area contributed by atoms with Crippen molar-refractivity contribution in [2.24, 2.45) is 0 Å². The van der Waals surface area contributed by atoms with Crippen LogP contribution < -0.4 is 0 Å². The van der Waals surface area contributed by atoms with Gasteiger partial charge in [0.05, 0.1) is 28.8 Å². The van der Waals surface area contributed by atoms with Crippen molar-refractivity contribution >= 4 is 17.2 Å². The normalized spacial score (nSPS) is 14.5. The van der Waals surface area contributed by atoms with Gasteiger partial charge < -0.3 is 4.90 Å². The van der Waals surface area contributed by atoms with Gasteiger partial charge in [-0.15, -0.1) is 11.3 Å². The van der Waals surface area contributed by atoms with Gasteiger partial charge in [0.2, 0.25) is 0 Å². The summed E-state index contributed by atoms with van der Waals surface area (Å²) in [5, 5.41) is 7.72. The average molecular weight is 458 g/mol. The lowest BCUT2D eigenvalue weighted by Crippen LogP contribution is -2.48. The maximum absolute atomic E-state index is 13.3. The average Bonchev–Trinajstić information content (AvgIpc) is 3.52. The van der Waals surface area contributed by atoms with E-state index in [1.165, 1.54) is 0 Å². The molecule has 0 aliphatic carbocycles. The van der Waals surface area contributed by atoms with Crippen LogP contribution in [-0.2, 0) is 13.0 Å². The predicted molar refractivity (Wildman–Crippen MR) is 132 cm³/mol. The summed E-state index contributed by atoms with van der Waals surface area (Å²) in [7, 11) is 0. The fraction of sp³-hybridized carbons (Fsp3) is 0.269. The lowest BCUT2D eigenvalue weighted by Gasteiger charge is -2.34. The summed E-state index contributed by atoms with van der Waals surface area (Å²) in [6, 6.07) is 20.3. The third-order valence-corrected chi connectivity index (χ3v) is 6.99. The zero-order valence-corrected chi connectivity index (χ0v) is 19.5. The Hall–Kier alpha value is -3.29. The number of benzene rings is 2. The van der Waals surface area contributed by atoms with E-state index in [4.69, 9.17) is 4.98 Å². The number of hydrogen-bond acceptors (Lipinski definition) is 5. The molecule has 0 unspecified atom stereocenters. The van der Waals surface area contributed by atoms with Crippen LogP contribution in [0.5, 0.6) is 0 Å². The van der Waals surface area contributed by atoms with E-state index in [0.29, 0.717) is 18.7 Å². The van der Waals surface area contributed by atoms with Gasteiger partial charge in [-0.25, -0.2) is 9.67 Å². The fourth-order valence-corrected chi connectivity index (χ4v) is 5.10. The molecule has 7 heteroatoms. The maximum atomic E-state index is 13.3. The monoisotopic (exact) mass is 457 g/mol. The van der Waals surface area contributed by atoms with Crippen LogP contribution in [0.1, 0.15) is 28.7 Å². The van der Waals surface area contributed by atoms with Crippen LogP contribution in [0.15, 0.2) is 72.2 Å².